The molecule has 0 aromatic heterocycles. The third-order valence-corrected chi connectivity index (χ3v) is 4.80. The van der Waals surface area contributed by atoms with E-state index in [1.165, 1.54) is 0 Å². The number of carbonyl (C=O) groups is 1. The first kappa shape index (κ1) is 17.9. The summed E-state index contributed by atoms with van der Waals surface area (Å²) in [6.07, 6.45) is 0. The largest absolute Gasteiger partial charge is 0.454 e. The Bertz CT molecular complexity index is 798. The lowest BCUT2D eigenvalue weighted by Gasteiger charge is -2.21. The fourth-order valence-electron chi connectivity index (χ4n) is 2.58. The highest BCUT2D eigenvalue weighted by molar-refractivity contribution is 6.35. The number of likely N-dealkylation sites (N-methyl/N-ethyl adjacent to an activating group) is 1. The Kier molecular flexibility index (Phi) is 5.37. The molecule has 0 saturated heterocycles. The van der Waals surface area contributed by atoms with E-state index < -0.39 is 0 Å². The number of quaternary nitrogens is 1. The quantitative estimate of drug-likeness (QED) is 0.836. The molecule has 0 fully saturated rings. The van der Waals surface area contributed by atoms with E-state index in [0.29, 0.717) is 22.3 Å². The van der Waals surface area contributed by atoms with Crippen LogP contribution >= 0.6 is 23.2 Å². The van der Waals surface area contributed by atoms with Crippen molar-refractivity contribution < 1.29 is 19.2 Å². The Morgan fingerprint density at radius 2 is 1.96 bits per heavy atom. The molecule has 1 unspecified atom stereocenters. The molecule has 1 aliphatic rings. The van der Waals surface area contributed by atoms with Gasteiger partial charge in [0.1, 0.15) is 6.54 Å². The molecule has 0 aliphatic carbocycles. The summed E-state index contributed by atoms with van der Waals surface area (Å²) in [5, 5.41) is 3.82. The number of ether oxygens (including phenoxy) is 2. The molecule has 1 heterocycles. The Balaban J connectivity index is 1.64. The summed E-state index contributed by atoms with van der Waals surface area (Å²) < 4.78 is 10.7. The van der Waals surface area contributed by atoms with Gasteiger partial charge in [-0.2, -0.15) is 0 Å². The number of hydrogen-bond acceptors (Lipinski definition) is 3. The van der Waals surface area contributed by atoms with Crippen molar-refractivity contribution in [3.05, 3.63) is 52.0 Å². The predicted molar refractivity (Wildman–Crippen MR) is 97.7 cm³/mol. The lowest BCUT2D eigenvalue weighted by atomic mass is 10.1. The number of fused-ring (bicyclic) bond motifs is 1. The van der Waals surface area contributed by atoms with Crippen LogP contribution in [0.2, 0.25) is 10.0 Å². The van der Waals surface area contributed by atoms with Gasteiger partial charge in [-0.05, 0) is 43.3 Å². The summed E-state index contributed by atoms with van der Waals surface area (Å²) >= 11 is 12.1. The second-order valence-electron chi connectivity index (χ2n) is 6.05. The highest BCUT2D eigenvalue weighted by atomic mass is 35.5. The molecule has 1 aliphatic heterocycles. The smallest absolute Gasteiger partial charge is 0.282 e. The monoisotopic (exact) mass is 381 g/mol. The summed E-state index contributed by atoms with van der Waals surface area (Å²) in [6.45, 7) is 2.80. The number of hydrogen-bond donors (Lipinski definition) is 2. The zero-order valence-corrected chi connectivity index (χ0v) is 15.4. The average Bonchev–Trinajstić information content (AvgIpc) is 3.05. The summed E-state index contributed by atoms with van der Waals surface area (Å²) in [7, 11) is 1.97. The zero-order valence-electron chi connectivity index (χ0n) is 13.9. The van der Waals surface area contributed by atoms with E-state index >= 15 is 0 Å². The van der Waals surface area contributed by atoms with Crippen LogP contribution in [0.25, 0.3) is 0 Å². The Labute approximate surface area is 156 Å². The molecule has 5 nitrogen and oxygen atoms in total. The maximum absolute atomic E-state index is 12.5. The van der Waals surface area contributed by atoms with Crippen LogP contribution in [0.3, 0.4) is 0 Å². The first-order valence-electron chi connectivity index (χ1n) is 7.91. The highest BCUT2D eigenvalue weighted by Crippen LogP contribution is 2.32. The van der Waals surface area contributed by atoms with Crippen molar-refractivity contribution in [1.82, 2.24) is 0 Å². The SMILES string of the molecule is C[C@@H](C(=O)Nc1cc(Cl)ccc1Cl)[NH+](C)Cc1ccc2c(c1)OCO2. The molecule has 2 atom stereocenters. The van der Waals surface area contributed by atoms with E-state index in [2.05, 4.69) is 5.32 Å². The van der Waals surface area contributed by atoms with Crippen LogP contribution in [0.1, 0.15) is 12.5 Å². The van der Waals surface area contributed by atoms with E-state index in [1.54, 1.807) is 18.2 Å². The molecule has 7 heteroatoms. The highest BCUT2D eigenvalue weighted by Gasteiger charge is 2.23. The van der Waals surface area contributed by atoms with Crippen LogP contribution in [0.15, 0.2) is 36.4 Å². The van der Waals surface area contributed by atoms with Crippen molar-refractivity contribution in [2.75, 3.05) is 19.2 Å². The summed E-state index contributed by atoms with van der Waals surface area (Å²) in [4.78, 5) is 13.6. The topological polar surface area (TPSA) is 52.0 Å². The molecule has 2 aromatic rings. The number of nitrogens with one attached hydrogen (secondary N) is 2. The van der Waals surface area contributed by atoms with Crippen molar-refractivity contribution in [3.8, 4) is 11.5 Å². The molecule has 2 aromatic carbocycles. The van der Waals surface area contributed by atoms with Gasteiger partial charge in [0, 0.05) is 10.6 Å². The molecule has 1 amide bonds. The number of rotatable bonds is 5. The van der Waals surface area contributed by atoms with Crippen molar-refractivity contribution in [2.45, 2.75) is 19.5 Å². The van der Waals surface area contributed by atoms with Crippen molar-refractivity contribution in [2.24, 2.45) is 0 Å². The van der Waals surface area contributed by atoms with Gasteiger partial charge >= 0.3 is 0 Å². The molecule has 3 rings (SSSR count). The van der Waals surface area contributed by atoms with Crippen LogP contribution in [0, 0.1) is 0 Å². The van der Waals surface area contributed by atoms with Crippen molar-refractivity contribution in [3.63, 3.8) is 0 Å². The molecule has 0 bridgehead atoms. The van der Waals surface area contributed by atoms with Crippen LogP contribution in [-0.4, -0.2) is 25.8 Å². The maximum atomic E-state index is 12.5. The lowest BCUT2D eigenvalue weighted by Crippen LogP contribution is -3.12. The third kappa shape index (κ3) is 4.18. The third-order valence-electron chi connectivity index (χ3n) is 4.24. The average molecular weight is 382 g/mol. The number of amides is 1. The second-order valence-corrected chi connectivity index (χ2v) is 6.89. The van der Waals surface area contributed by atoms with Crippen LogP contribution in [0.5, 0.6) is 11.5 Å². The second kappa shape index (κ2) is 7.52. The molecule has 0 saturated carbocycles. The Hall–Kier alpha value is -1.95. The van der Waals surface area contributed by atoms with Gasteiger partial charge in [-0.3, -0.25) is 4.79 Å². The van der Waals surface area contributed by atoms with E-state index in [0.717, 1.165) is 22.0 Å². The van der Waals surface area contributed by atoms with Crippen LogP contribution < -0.4 is 19.7 Å². The minimum atomic E-state index is -0.277. The standard InChI is InChI=1S/C18H18Cl2N2O3/c1-11(18(23)21-15-8-13(19)4-5-14(15)20)22(2)9-12-3-6-16-17(7-12)25-10-24-16/h3-8,11H,9-10H2,1-2H3,(H,21,23)/p+1/t11-/m0/s1. The Morgan fingerprint density at radius 1 is 1.20 bits per heavy atom. The normalized spacial score (nSPS) is 14.9. The molecule has 25 heavy (non-hydrogen) atoms. The van der Waals surface area contributed by atoms with E-state index in [-0.39, 0.29) is 18.7 Å². The summed E-state index contributed by atoms with van der Waals surface area (Å²) in [5.41, 5.74) is 1.59. The molecule has 0 spiro atoms. The fourth-order valence-corrected chi connectivity index (χ4v) is 2.92. The van der Waals surface area contributed by atoms with Gasteiger partial charge in [0.2, 0.25) is 6.79 Å². The number of halogens is 2. The van der Waals surface area contributed by atoms with E-state index in [4.69, 9.17) is 32.7 Å². The van der Waals surface area contributed by atoms with Crippen LogP contribution in [0.4, 0.5) is 5.69 Å². The van der Waals surface area contributed by atoms with Gasteiger partial charge in [-0.1, -0.05) is 23.2 Å². The van der Waals surface area contributed by atoms with Gasteiger partial charge in [0.25, 0.3) is 5.91 Å². The predicted octanol–water partition coefficient (Wildman–Crippen LogP) is 2.76. The molecule has 132 valence electrons. The summed E-state index contributed by atoms with van der Waals surface area (Å²) in [6, 6.07) is 10.5. The van der Waals surface area contributed by atoms with E-state index in [1.807, 2.05) is 32.2 Å². The van der Waals surface area contributed by atoms with Gasteiger partial charge in [0.15, 0.2) is 17.5 Å². The van der Waals surface area contributed by atoms with E-state index in [9.17, 15) is 4.79 Å². The first-order chi connectivity index (χ1) is 11.9. The molecular weight excluding hydrogens is 363 g/mol. The minimum Gasteiger partial charge on any atom is -0.454 e. The van der Waals surface area contributed by atoms with Gasteiger partial charge in [-0.25, -0.2) is 0 Å². The number of carbonyl (C=O) groups excluding carboxylic acids is 1. The van der Waals surface area contributed by atoms with Crippen LogP contribution in [-0.2, 0) is 11.3 Å². The zero-order chi connectivity index (χ0) is 18.0. The molecular formula is C18H19Cl2N2O3+. The van der Waals surface area contributed by atoms with Crippen molar-refractivity contribution >= 4 is 34.8 Å². The summed E-state index contributed by atoms with van der Waals surface area (Å²) in [5.74, 6) is 1.37. The number of benzene rings is 2. The molecule has 0 radical (unpaired) electrons. The molecule has 2 N–H and O–H groups in total. The maximum Gasteiger partial charge on any atom is 0.282 e. The van der Waals surface area contributed by atoms with Crippen molar-refractivity contribution in [1.29, 1.82) is 0 Å². The first-order valence-corrected chi connectivity index (χ1v) is 8.66. The van der Waals surface area contributed by atoms with Gasteiger partial charge in [-0.15, -0.1) is 0 Å². The number of anilines is 1. The lowest BCUT2D eigenvalue weighted by molar-refractivity contribution is -0.907. The minimum absolute atomic E-state index is 0.123. The Morgan fingerprint density at radius 3 is 2.76 bits per heavy atom. The van der Waals surface area contributed by atoms with Gasteiger partial charge < -0.3 is 19.7 Å². The van der Waals surface area contributed by atoms with Gasteiger partial charge in [0.05, 0.1) is 17.8 Å². The fraction of sp³-hybridized carbons (Fsp3) is 0.278.